The van der Waals surface area contributed by atoms with E-state index in [1.165, 1.54) is 25.6 Å². The standard InChI is InChI=1S/C14H24N4O6S/c1-8-11(10(3)18(5)16-8)25(22,23)17-9(2)12(19)15-14(4,7-24-6)13(20)21/h9,17H,7H2,1-6H3,(H,15,19)(H,20,21). The Balaban J connectivity index is 2.99. The molecule has 142 valence electrons. The number of nitrogens with one attached hydrogen (secondary N) is 2. The van der Waals surface area contributed by atoms with E-state index in [0.29, 0.717) is 11.4 Å². The van der Waals surface area contributed by atoms with Gasteiger partial charge >= 0.3 is 5.97 Å². The van der Waals surface area contributed by atoms with Gasteiger partial charge in [0.15, 0.2) is 5.54 Å². The van der Waals surface area contributed by atoms with E-state index < -0.39 is 33.5 Å². The maximum atomic E-state index is 12.5. The summed E-state index contributed by atoms with van der Waals surface area (Å²) in [6.45, 7) is 5.47. The van der Waals surface area contributed by atoms with Crippen LogP contribution in [0.25, 0.3) is 0 Å². The molecular formula is C14H24N4O6S. The Morgan fingerprint density at radius 2 is 1.96 bits per heavy atom. The van der Waals surface area contributed by atoms with Crippen LogP contribution in [0.4, 0.5) is 0 Å². The average Bonchev–Trinajstić information content (AvgIpc) is 2.71. The average molecular weight is 376 g/mol. The number of aryl methyl sites for hydroxylation is 2. The minimum absolute atomic E-state index is 0.00691. The van der Waals surface area contributed by atoms with Crippen molar-refractivity contribution < 1.29 is 27.9 Å². The molecule has 1 aromatic heterocycles. The molecule has 10 nitrogen and oxygen atoms in total. The highest BCUT2D eigenvalue weighted by Crippen LogP contribution is 2.18. The third-order valence-corrected chi connectivity index (χ3v) is 5.53. The van der Waals surface area contributed by atoms with E-state index in [4.69, 9.17) is 4.74 Å². The molecule has 2 unspecified atom stereocenters. The third kappa shape index (κ3) is 4.55. The van der Waals surface area contributed by atoms with Gasteiger partial charge in [-0.1, -0.05) is 0 Å². The van der Waals surface area contributed by atoms with Crippen LogP contribution in [0, 0.1) is 13.8 Å². The zero-order chi connectivity index (χ0) is 19.6. The second-order valence-corrected chi connectivity index (χ2v) is 7.68. The van der Waals surface area contributed by atoms with Crippen molar-refractivity contribution in [2.75, 3.05) is 13.7 Å². The van der Waals surface area contributed by atoms with Gasteiger partial charge in [0.05, 0.1) is 24.0 Å². The predicted octanol–water partition coefficient (Wildman–Crippen LogP) is -0.690. The summed E-state index contributed by atoms with van der Waals surface area (Å²) in [4.78, 5) is 23.6. The van der Waals surface area contributed by atoms with Gasteiger partial charge in [-0.15, -0.1) is 0 Å². The van der Waals surface area contributed by atoms with Crippen LogP contribution in [0.3, 0.4) is 0 Å². The number of carboxylic acid groups (broad SMARTS) is 1. The number of sulfonamides is 1. The first-order chi connectivity index (χ1) is 11.4. The Morgan fingerprint density at radius 3 is 2.36 bits per heavy atom. The number of aliphatic carboxylic acids is 1. The lowest BCUT2D eigenvalue weighted by Gasteiger charge is -2.27. The van der Waals surface area contributed by atoms with Gasteiger partial charge < -0.3 is 15.2 Å². The van der Waals surface area contributed by atoms with Gasteiger partial charge in [-0.3, -0.25) is 9.48 Å². The Labute approximate surface area is 146 Å². The van der Waals surface area contributed by atoms with Crippen LogP contribution in [-0.4, -0.2) is 60.5 Å². The van der Waals surface area contributed by atoms with Crippen molar-refractivity contribution in [3.63, 3.8) is 0 Å². The molecule has 0 radical (unpaired) electrons. The SMILES string of the molecule is COCC(C)(NC(=O)C(C)NS(=O)(=O)c1c(C)nn(C)c1C)C(=O)O. The molecule has 0 saturated carbocycles. The van der Waals surface area contributed by atoms with Gasteiger partial charge in [-0.05, 0) is 27.7 Å². The maximum Gasteiger partial charge on any atom is 0.331 e. The van der Waals surface area contributed by atoms with Crippen molar-refractivity contribution in [3.05, 3.63) is 11.4 Å². The molecular weight excluding hydrogens is 352 g/mol. The molecule has 3 N–H and O–H groups in total. The minimum atomic E-state index is -4.01. The molecule has 0 aliphatic heterocycles. The zero-order valence-electron chi connectivity index (χ0n) is 15.1. The zero-order valence-corrected chi connectivity index (χ0v) is 15.9. The number of hydrogen-bond acceptors (Lipinski definition) is 6. The van der Waals surface area contributed by atoms with Gasteiger partial charge in [0.1, 0.15) is 4.90 Å². The molecule has 1 amide bonds. The largest absolute Gasteiger partial charge is 0.479 e. The maximum absolute atomic E-state index is 12.5. The van der Waals surface area contributed by atoms with Gasteiger partial charge in [0.25, 0.3) is 0 Å². The van der Waals surface area contributed by atoms with Crippen LogP contribution in [0.15, 0.2) is 4.90 Å². The fourth-order valence-electron chi connectivity index (χ4n) is 2.31. The normalized spacial score (nSPS) is 15.4. The molecule has 0 fully saturated rings. The Hall–Kier alpha value is -1.98. The summed E-state index contributed by atoms with van der Waals surface area (Å²) in [6, 6.07) is -1.19. The number of nitrogens with zero attached hydrogens (tertiary/aromatic N) is 2. The smallest absolute Gasteiger partial charge is 0.331 e. The lowest BCUT2D eigenvalue weighted by atomic mass is 10.0. The number of carboxylic acids is 1. The molecule has 0 saturated heterocycles. The van der Waals surface area contributed by atoms with E-state index in [-0.39, 0.29) is 11.5 Å². The quantitative estimate of drug-likeness (QED) is 0.545. The van der Waals surface area contributed by atoms with Crippen LogP contribution in [0.2, 0.25) is 0 Å². The number of carbonyl (C=O) groups excluding carboxylic acids is 1. The van der Waals surface area contributed by atoms with E-state index in [0.717, 1.165) is 0 Å². The molecule has 0 spiro atoms. The molecule has 1 aromatic rings. The highest BCUT2D eigenvalue weighted by molar-refractivity contribution is 7.89. The van der Waals surface area contributed by atoms with Crippen molar-refractivity contribution in [2.24, 2.45) is 7.05 Å². The number of hydrogen-bond donors (Lipinski definition) is 3. The van der Waals surface area contributed by atoms with Crippen LogP contribution in [0.1, 0.15) is 25.2 Å². The molecule has 0 aliphatic carbocycles. The Bertz CT molecular complexity index is 773. The second-order valence-electron chi connectivity index (χ2n) is 6.03. The van der Waals surface area contributed by atoms with Gasteiger partial charge in [-0.2, -0.15) is 9.82 Å². The molecule has 11 heteroatoms. The number of carbonyl (C=O) groups is 2. The lowest BCUT2D eigenvalue weighted by molar-refractivity contribution is -0.149. The number of ether oxygens (including phenoxy) is 1. The highest BCUT2D eigenvalue weighted by atomic mass is 32.2. The van der Waals surface area contributed by atoms with Crippen molar-refractivity contribution in [2.45, 2.75) is 44.2 Å². The number of rotatable bonds is 8. The van der Waals surface area contributed by atoms with E-state index in [9.17, 15) is 23.1 Å². The van der Waals surface area contributed by atoms with Crippen LogP contribution in [0.5, 0.6) is 0 Å². The molecule has 2 atom stereocenters. The van der Waals surface area contributed by atoms with Crippen molar-refractivity contribution >= 4 is 21.9 Å². The summed E-state index contributed by atoms with van der Waals surface area (Å²) >= 11 is 0. The lowest BCUT2D eigenvalue weighted by Crippen LogP contribution is -2.59. The number of aromatic nitrogens is 2. The summed E-state index contributed by atoms with van der Waals surface area (Å²) in [5, 5.41) is 15.6. The fourth-order valence-corrected chi connectivity index (χ4v) is 3.95. The molecule has 1 rings (SSSR count). The van der Waals surface area contributed by atoms with Crippen molar-refractivity contribution in [1.29, 1.82) is 0 Å². The first-order valence-electron chi connectivity index (χ1n) is 7.42. The summed E-state index contributed by atoms with van der Waals surface area (Å²) in [5.41, 5.74) is -0.951. The fraction of sp³-hybridized carbons (Fsp3) is 0.643. The van der Waals surface area contributed by atoms with Crippen LogP contribution in [-0.2, 0) is 31.4 Å². The first kappa shape index (κ1) is 21.1. The van der Waals surface area contributed by atoms with Gasteiger partial charge in [0.2, 0.25) is 15.9 Å². The number of methoxy groups -OCH3 is 1. The van der Waals surface area contributed by atoms with Crippen LogP contribution < -0.4 is 10.0 Å². The van der Waals surface area contributed by atoms with Crippen molar-refractivity contribution in [3.8, 4) is 0 Å². The summed E-state index contributed by atoms with van der Waals surface area (Å²) in [5.74, 6) is -2.08. The molecule has 25 heavy (non-hydrogen) atoms. The summed E-state index contributed by atoms with van der Waals surface area (Å²) < 4.78 is 33.6. The van der Waals surface area contributed by atoms with E-state index >= 15 is 0 Å². The molecule has 0 bridgehead atoms. The predicted molar refractivity (Wildman–Crippen MR) is 88.5 cm³/mol. The van der Waals surface area contributed by atoms with E-state index in [2.05, 4.69) is 15.1 Å². The minimum Gasteiger partial charge on any atom is -0.479 e. The highest BCUT2D eigenvalue weighted by Gasteiger charge is 2.37. The third-order valence-electron chi connectivity index (χ3n) is 3.74. The Kier molecular flexibility index (Phi) is 6.32. The summed E-state index contributed by atoms with van der Waals surface area (Å²) in [7, 11) is -1.10. The number of amides is 1. The topological polar surface area (TPSA) is 140 Å². The monoisotopic (exact) mass is 376 g/mol. The van der Waals surface area contributed by atoms with Gasteiger partial charge in [-0.25, -0.2) is 13.2 Å². The van der Waals surface area contributed by atoms with Crippen molar-refractivity contribution in [1.82, 2.24) is 19.8 Å². The first-order valence-corrected chi connectivity index (χ1v) is 8.91. The molecule has 0 aliphatic rings. The van der Waals surface area contributed by atoms with Gasteiger partial charge in [0, 0.05) is 14.2 Å². The molecule has 1 heterocycles. The second kappa shape index (κ2) is 7.50. The Morgan fingerprint density at radius 1 is 1.40 bits per heavy atom. The summed E-state index contributed by atoms with van der Waals surface area (Å²) in [6.07, 6.45) is 0. The van der Waals surface area contributed by atoms with Crippen LogP contribution >= 0.6 is 0 Å². The molecule has 0 aromatic carbocycles. The van der Waals surface area contributed by atoms with E-state index in [1.807, 2.05) is 0 Å². The van der Waals surface area contributed by atoms with E-state index in [1.54, 1.807) is 20.9 Å².